The lowest BCUT2D eigenvalue weighted by Crippen LogP contribution is -2.44. The maximum atomic E-state index is 12.6. The van der Waals surface area contributed by atoms with Crippen molar-refractivity contribution in [1.82, 2.24) is 4.90 Å². The average Bonchev–Trinajstić information content (AvgIpc) is 2.47. The van der Waals surface area contributed by atoms with Crippen LogP contribution in [0.3, 0.4) is 0 Å². The Morgan fingerprint density at radius 2 is 1.95 bits per heavy atom. The number of rotatable bonds is 4. The second-order valence-corrected chi connectivity index (χ2v) is 5.43. The highest BCUT2D eigenvalue weighted by Crippen LogP contribution is 2.29. The highest BCUT2D eigenvalue weighted by molar-refractivity contribution is 5.75. The van der Waals surface area contributed by atoms with Crippen LogP contribution >= 0.6 is 0 Å². The van der Waals surface area contributed by atoms with Crippen LogP contribution < -0.4 is 0 Å². The first-order chi connectivity index (χ1) is 10.4. The number of benzene rings is 1. The second-order valence-electron chi connectivity index (χ2n) is 5.43. The number of carbonyl (C=O) groups excluding carboxylic acids is 1. The van der Waals surface area contributed by atoms with Crippen molar-refractivity contribution in [3.63, 3.8) is 0 Å². The topological polar surface area (TPSA) is 29.5 Å². The number of ether oxygens (including phenoxy) is 1. The molecule has 0 amide bonds. The molecule has 0 aromatic heterocycles. The molecule has 1 atom stereocenters. The number of alkyl halides is 3. The van der Waals surface area contributed by atoms with Crippen molar-refractivity contribution in [2.45, 2.75) is 44.9 Å². The average molecular weight is 315 g/mol. The van der Waals surface area contributed by atoms with Crippen molar-refractivity contribution in [3.8, 4) is 0 Å². The molecule has 0 radical (unpaired) electrons. The molecule has 1 aromatic rings. The summed E-state index contributed by atoms with van der Waals surface area (Å²) in [5, 5.41) is 0. The van der Waals surface area contributed by atoms with Gasteiger partial charge >= 0.3 is 12.1 Å². The van der Waals surface area contributed by atoms with Crippen molar-refractivity contribution in [2.24, 2.45) is 0 Å². The summed E-state index contributed by atoms with van der Waals surface area (Å²) in [7, 11) is 0. The molecule has 6 heteroatoms. The molecule has 1 aromatic carbocycles. The summed E-state index contributed by atoms with van der Waals surface area (Å²) in [6.45, 7) is 3.32. The number of hydrogen-bond acceptors (Lipinski definition) is 3. The van der Waals surface area contributed by atoms with E-state index in [9.17, 15) is 18.0 Å². The summed E-state index contributed by atoms with van der Waals surface area (Å²) >= 11 is 0. The van der Waals surface area contributed by atoms with E-state index in [-0.39, 0.29) is 12.0 Å². The third-order valence-corrected chi connectivity index (χ3v) is 3.84. The van der Waals surface area contributed by atoms with Gasteiger partial charge in [0.15, 0.2) is 0 Å². The molecule has 0 aliphatic carbocycles. The van der Waals surface area contributed by atoms with Gasteiger partial charge < -0.3 is 4.74 Å². The lowest BCUT2D eigenvalue weighted by molar-refractivity contribution is -0.151. The summed E-state index contributed by atoms with van der Waals surface area (Å²) in [6.07, 6.45) is -1.64. The molecule has 122 valence electrons. The Bertz CT molecular complexity index is 499. The minimum Gasteiger partial charge on any atom is -0.465 e. The maximum Gasteiger partial charge on any atom is 0.416 e. The Kier molecular flexibility index (Phi) is 5.45. The van der Waals surface area contributed by atoms with Crippen LogP contribution in [0.4, 0.5) is 13.2 Å². The molecule has 22 heavy (non-hydrogen) atoms. The van der Waals surface area contributed by atoms with Gasteiger partial charge in [-0.3, -0.25) is 9.69 Å². The molecule has 0 N–H and O–H groups in total. The second kappa shape index (κ2) is 7.13. The van der Waals surface area contributed by atoms with Crippen molar-refractivity contribution >= 4 is 5.97 Å². The molecular weight excluding hydrogens is 295 g/mol. The van der Waals surface area contributed by atoms with Gasteiger partial charge in [-0.1, -0.05) is 18.6 Å². The molecule has 1 aliphatic heterocycles. The quantitative estimate of drug-likeness (QED) is 0.795. The van der Waals surface area contributed by atoms with Gasteiger partial charge in [0.25, 0.3) is 0 Å². The lowest BCUT2D eigenvalue weighted by atomic mass is 10.0. The zero-order chi connectivity index (χ0) is 16.2. The molecule has 1 heterocycles. The van der Waals surface area contributed by atoms with E-state index >= 15 is 0 Å². The number of piperidine rings is 1. The fourth-order valence-corrected chi connectivity index (χ4v) is 2.72. The number of halogens is 3. The van der Waals surface area contributed by atoms with Gasteiger partial charge in [-0.15, -0.1) is 0 Å². The summed E-state index contributed by atoms with van der Waals surface area (Å²) in [6, 6.07) is 4.81. The molecular formula is C16H20F3NO2. The van der Waals surface area contributed by atoms with Crippen LogP contribution in [0.5, 0.6) is 0 Å². The van der Waals surface area contributed by atoms with E-state index in [1.807, 2.05) is 4.90 Å². The van der Waals surface area contributed by atoms with Crippen molar-refractivity contribution < 1.29 is 22.7 Å². The lowest BCUT2D eigenvalue weighted by Gasteiger charge is -2.34. The van der Waals surface area contributed by atoms with E-state index in [4.69, 9.17) is 4.74 Å². The smallest absolute Gasteiger partial charge is 0.416 e. The third-order valence-electron chi connectivity index (χ3n) is 3.84. The zero-order valence-corrected chi connectivity index (χ0v) is 12.5. The highest BCUT2D eigenvalue weighted by atomic mass is 19.4. The van der Waals surface area contributed by atoms with Gasteiger partial charge in [-0.25, -0.2) is 0 Å². The Hall–Kier alpha value is -1.56. The van der Waals surface area contributed by atoms with Gasteiger partial charge in [0.1, 0.15) is 6.04 Å². The van der Waals surface area contributed by atoms with E-state index in [1.54, 1.807) is 6.92 Å². The molecule has 1 saturated heterocycles. The van der Waals surface area contributed by atoms with E-state index in [0.717, 1.165) is 43.5 Å². The number of likely N-dealkylation sites (tertiary alicyclic amines) is 1. The number of esters is 1. The molecule has 3 nitrogen and oxygen atoms in total. The fourth-order valence-electron chi connectivity index (χ4n) is 2.72. The predicted octanol–water partition coefficient (Wildman–Crippen LogP) is 3.62. The van der Waals surface area contributed by atoms with Crippen LogP contribution in [0.2, 0.25) is 0 Å². The first kappa shape index (κ1) is 16.8. The monoisotopic (exact) mass is 315 g/mol. The van der Waals surface area contributed by atoms with Gasteiger partial charge in [0.05, 0.1) is 12.2 Å². The van der Waals surface area contributed by atoms with E-state index in [2.05, 4.69) is 0 Å². The molecule has 0 bridgehead atoms. The van der Waals surface area contributed by atoms with Crippen molar-refractivity contribution in [2.75, 3.05) is 13.2 Å². The third kappa shape index (κ3) is 4.22. The minimum absolute atomic E-state index is 0.242. The van der Waals surface area contributed by atoms with E-state index < -0.39 is 11.7 Å². The van der Waals surface area contributed by atoms with E-state index in [0.29, 0.717) is 13.2 Å². The Labute approximate surface area is 128 Å². The Balaban J connectivity index is 2.05. The number of carbonyl (C=O) groups is 1. The standard InChI is InChI=1S/C16H20F3NO2/c1-2-22-15(21)14-5-3-4-10-20(14)11-12-6-8-13(9-7-12)16(17,18)19/h6-9,14H,2-5,10-11H2,1H3/t14-/m0/s1. The first-order valence-corrected chi connectivity index (χ1v) is 7.48. The van der Waals surface area contributed by atoms with Crippen LogP contribution in [0.1, 0.15) is 37.3 Å². The summed E-state index contributed by atoms with van der Waals surface area (Å²) < 4.78 is 42.8. The molecule has 0 spiro atoms. The Morgan fingerprint density at radius 1 is 1.27 bits per heavy atom. The van der Waals surface area contributed by atoms with Crippen LogP contribution in [0.25, 0.3) is 0 Å². The molecule has 1 fully saturated rings. The maximum absolute atomic E-state index is 12.6. The van der Waals surface area contributed by atoms with Gasteiger partial charge in [0.2, 0.25) is 0 Å². The van der Waals surface area contributed by atoms with Gasteiger partial charge in [0, 0.05) is 6.54 Å². The van der Waals surface area contributed by atoms with Gasteiger partial charge in [-0.2, -0.15) is 13.2 Å². The van der Waals surface area contributed by atoms with E-state index in [1.165, 1.54) is 12.1 Å². The predicted molar refractivity (Wildman–Crippen MR) is 76.1 cm³/mol. The molecule has 2 rings (SSSR count). The van der Waals surface area contributed by atoms with Crippen LogP contribution in [0, 0.1) is 0 Å². The fraction of sp³-hybridized carbons (Fsp3) is 0.562. The molecule has 1 aliphatic rings. The summed E-state index contributed by atoms with van der Waals surface area (Å²) in [5.74, 6) is -0.242. The molecule has 0 unspecified atom stereocenters. The normalized spacial score (nSPS) is 19.9. The minimum atomic E-state index is -4.32. The van der Waals surface area contributed by atoms with Gasteiger partial charge in [-0.05, 0) is 44.0 Å². The van der Waals surface area contributed by atoms with Crippen molar-refractivity contribution in [3.05, 3.63) is 35.4 Å². The zero-order valence-electron chi connectivity index (χ0n) is 12.5. The SMILES string of the molecule is CCOC(=O)[C@@H]1CCCCN1Cc1ccc(C(F)(F)F)cc1. The van der Waals surface area contributed by atoms with Crippen LogP contribution in [0.15, 0.2) is 24.3 Å². The molecule has 0 saturated carbocycles. The Morgan fingerprint density at radius 3 is 2.55 bits per heavy atom. The van der Waals surface area contributed by atoms with Crippen LogP contribution in [-0.4, -0.2) is 30.1 Å². The number of nitrogens with zero attached hydrogens (tertiary/aromatic N) is 1. The summed E-state index contributed by atoms with van der Waals surface area (Å²) in [4.78, 5) is 14.0. The highest BCUT2D eigenvalue weighted by Gasteiger charge is 2.31. The van der Waals surface area contributed by atoms with Crippen LogP contribution in [-0.2, 0) is 22.3 Å². The largest absolute Gasteiger partial charge is 0.465 e. The first-order valence-electron chi connectivity index (χ1n) is 7.48. The van der Waals surface area contributed by atoms with Crippen molar-refractivity contribution in [1.29, 1.82) is 0 Å². The summed E-state index contributed by atoms with van der Waals surface area (Å²) in [5.41, 5.74) is 0.112. The number of hydrogen-bond donors (Lipinski definition) is 0.